The lowest BCUT2D eigenvalue weighted by Crippen LogP contribution is -2.33. The quantitative estimate of drug-likeness (QED) is 0.416. The van der Waals surface area contributed by atoms with E-state index in [2.05, 4.69) is 48.7 Å². The van der Waals surface area contributed by atoms with E-state index in [9.17, 15) is 9.59 Å². The molecule has 2 amide bonds. The van der Waals surface area contributed by atoms with Gasteiger partial charge < -0.3 is 10.6 Å². The molecule has 31 heavy (non-hydrogen) atoms. The number of amides is 2. The lowest BCUT2D eigenvalue weighted by atomic mass is 10.1. The van der Waals surface area contributed by atoms with Crippen molar-refractivity contribution in [2.45, 2.75) is 64.5 Å². The Morgan fingerprint density at radius 3 is 1.48 bits per heavy atom. The highest BCUT2D eigenvalue weighted by molar-refractivity contribution is 7.99. The number of nitrogens with one attached hydrogen (secondary N) is 2. The highest BCUT2D eigenvalue weighted by Gasteiger charge is 2.09. The van der Waals surface area contributed by atoms with Crippen LogP contribution in [0.1, 0.15) is 50.7 Å². The summed E-state index contributed by atoms with van der Waals surface area (Å²) < 4.78 is 0. The van der Waals surface area contributed by atoms with E-state index in [-0.39, 0.29) is 23.9 Å². The van der Waals surface area contributed by atoms with Gasteiger partial charge in [-0.1, -0.05) is 60.7 Å². The van der Waals surface area contributed by atoms with Gasteiger partial charge in [0.05, 0.1) is 0 Å². The van der Waals surface area contributed by atoms with Crippen LogP contribution in [0.4, 0.5) is 0 Å². The minimum atomic E-state index is 0.0899. The number of aryl methyl sites for hydroxylation is 2. The maximum absolute atomic E-state index is 12.1. The van der Waals surface area contributed by atoms with E-state index in [0.717, 1.165) is 37.2 Å². The van der Waals surface area contributed by atoms with Crippen LogP contribution < -0.4 is 10.6 Å². The van der Waals surface area contributed by atoms with E-state index in [1.54, 1.807) is 11.8 Å². The molecule has 2 aromatic rings. The van der Waals surface area contributed by atoms with E-state index in [4.69, 9.17) is 0 Å². The Morgan fingerprint density at radius 1 is 0.710 bits per heavy atom. The zero-order valence-electron chi connectivity index (χ0n) is 18.8. The molecule has 0 unspecified atom stereocenters. The smallest absolute Gasteiger partial charge is 0.221 e. The molecular formula is C26H36N2O2S. The van der Waals surface area contributed by atoms with Crippen LogP contribution >= 0.6 is 11.8 Å². The third-order valence-corrected chi connectivity index (χ3v) is 6.16. The van der Waals surface area contributed by atoms with Crippen molar-refractivity contribution in [3.63, 3.8) is 0 Å². The average Bonchev–Trinajstić information content (AvgIpc) is 2.77. The van der Waals surface area contributed by atoms with Crippen molar-refractivity contribution >= 4 is 23.6 Å². The van der Waals surface area contributed by atoms with Gasteiger partial charge in [0.15, 0.2) is 0 Å². The number of hydrogen-bond acceptors (Lipinski definition) is 3. The Balaban J connectivity index is 1.48. The standard InChI is InChI=1S/C26H36N2O2S/c1-21(13-15-23-9-5-3-6-10-23)27-25(29)17-19-31-20-18-26(30)28-22(2)14-16-24-11-7-4-8-12-24/h3-12,21-22H,13-20H2,1-2H3,(H,27,29)(H,28,30)/t21-,22-/m0/s1. The molecule has 0 aromatic heterocycles. The number of rotatable bonds is 14. The molecule has 2 aromatic carbocycles. The third-order valence-electron chi connectivity index (χ3n) is 5.18. The molecule has 168 valence electrons. The summed E-state index contributed by atoms with van der Waals surface area (Å²) in [5.41, 5.74) is 2.60. The van der Waals surface area contributed by atoms with E-state index in [0.29, 0.717) is 12.8 Å². The molecule has 4 nitrogen and oxygen atoms in total. The van der Waals surface area contributed by atoms with Gasteiger partial charge in [-0.3, -0.25) is 9.59 Å². The van der Waals surface area contributed by atoms with Crippen molar-refractivity contribution in [1.82, 2.24) is 10.6 Å². The number of hydrogen-bond donors (Lipinski definition) is 2. The molecule has 2 rings (SSSR count). The first kappa shape index (κ1) is 25.0. The van der Waals surface area contributed by atoms with Crippen molar-refractivity contribution in [2.24, 2.45) is 0 Å². The Hall–Kier alpha value is -2.27. The number of carbonyl (C=O) groups is 2. The summed E-state index contributed by atoms with van der Waals surface area (Å²) in [5, 5.41) is 6.14. The average molecular weight is 441 g/mol. The maximum Gasteiger partial charge on any atom is 0.221 e. The third kappa shape index (κ3) is 11.6. The molecule has 0 heterocycles. The first-order valence-corrected chi connectivity index (χ1v) is 12.4. The monoisotopic (exact) mass is 440 g/mol. The Labute approximate surface area is 191 Å². The highest BCUT2D eigenvalue weighted by Crippen LogP contribution is 2.08. The van der Waals surface area contributed by atoms with Gasteiger partial charge >= 0.3 is 0 Å². The van der Waals surface area contributed by atoms with Gasteiger partial charge in [-0.05, 0) is 50.7 Å². The maximum atomic E-state index is 12.1. The number of carbonyl (C=O) groups excluding carboxylic acids is 2. The summed E-state index contributed by atoms with van der Waals surface area (Å²) in [6.07, 6.45) is 4.80. The molecule has 0 aliphatic heterocycles. The van der Waals surface area contributed by atoms with Gasteiger partial charge in [-0.15, -0.1) is 0 Å². The Bertz CT molecular complexity index is 702. The predicted octanol–water partition coefficient (Wildman–Crippen LogP) is 4.77. The van der Waals surface area contributed by atoms with E-state index in [1.165, 1.54) is 11.1 Å². The molecule has 2 N–H and O–H groups in total. The minimum absolute atomic E-state index is 0.0899. The fraction of sp³-hybridized carbons (Fsp3) is 0.462. The molecule has 0 fully saturated rings. The summed E-state index contributed by atoms with van der Waals surface area (Å²) in [7, 11) is 0. The lowest BCUT2D eigenvalue weighted by Gasteiger charge is -2.14. The Kier molecular flexibility index (Phi) is 11.8. The second-order valence-corrected chi connectivity index (χ2v) is 9.32. The van der Waals surface area contributed by atoms with Crippen LogP contribution in [-0.4, -0.2) is 35.4 Å². The molecule has 0 bridgehead atoms. The van der Waals surface area contributed by atoms with E-state index < -0.39 is 0 Å². The summed E-state index contributed by atoms with van der Waals surface area (Å²) in [6, 6.07) is 21.0. The Morgan fingerprint density at radius 2 is 1.10 bits per heavy atom. The molecule has 0 radical (unpaired) electrons. The second-order valence-electron chi connectivity index (χ2n) is 8.10. The molecule has 0 aliphatic carbocycles. The van der Waals surface area contributed by atoms with Crippen molar-refractivity contribution in [2.75, 3.05) is 11.5 Å². The topological polar surface area (TPSA) is 58.2 Å². The zero-order valence-corrected chi connectivity index (χ0v) is 19.6. The van der Waals surface area contributed by atoms with Gasteiger partial charge in [-0.25, -0.2) is 0 Å². The van der Waals surface area contributed by atoms with E-state index >= 15 is 0 Å². The van der Waals surface area contributed by atoms with Gasteiger partial charge in [-0.2, -0.15) is 11.8 Å². The largest absolute Gasteiger partial charge is 0.354 e. The van der Waals surface area contributed by atoms with Crippen molar-refractivity contribution in [3.8, 4) is 0 Å². The van der Waals surface area contributed by atoms with Crippen molar-refractivity contribution in [1.29, 1.82) is 0 Å². The molecule has 0 spiro atoms. The number of thioether (sulfide) groups is 1. The van der Waals surface area contributed by atoms with Crippen LogP contribution in [0.5, 0.6) is 0 Å². The minimum Gasteiger partial charge on any atom is -0.354 e. The zero-order chi connectivity index (χ0) is 22.3. The van der Waals surface area contributed by atoms with Crippen molar-refractivity contribution in [3.05, 3.63) is 71.8 Å². The lowest BCUT2D eigenvalue weighted by molar-refractivity contribution is -0.122. The van der Waals surface area contributed by atoms with Crippen molar-refractivity contribution < 1.29 is 9.59 Å². The summed E-state index contributed by atoms with van der Waals surface area (Å²) >= 11 is 1.66. The fourth-order valence-electron chi connectivity index (χ4n) is 3.33. The SMILES string of the molecule is C[C@@H](CCc1ccccc1)NC(=O)CCSCCC(=O)N[C@@H](C)CCc1ccccc1. The molecule has 5 heteroatoms. The van der Waals surface area contributed by atoms with E-state index in [1.807, 2.05) is 36.4 Å². The molecular weight excluding hydrogens is 404 g/mol. The van der Waals surface area contributed by atoms with Crippen LogP contribution in [-0.2, 0) is 22.4 Å². The van der Waals surface area contributed by atoms with Gasteiger partial charge in [0.2, 0.25) is 11.8 Å². The van der Waals surface area contributed by atoms with Crippen LogP contribution in [0.25, 0.3) is 0 Å². The molecule has 0 saturated heterocycles. The molecule has 0 saturated carbocycles. The summed E-state index contributed by atoms with van der Waals surface area (Å²) in [6.45, 7) is 4.11. The highest BCUT2D eigenvalue weighted by atomic mass is 32.2. The van der Waals surface area contributed by atoms with Crippen LogP contribution in [0.3, 0.4) is 0 Å². The number of benzene rings is 2. The van der Waals surface area contributed by atoms with Crippen LogP contribution in [0, 0.1) is 0 Å². The first-order valence-electron chi connectivity index (χ1n) is 11.3. The molecule has 2 atom stereocenters. The fourth-order valence-corrected chi connectivity index (χ4v) is 4.19. The second kappa shape index (κ2) is 14.7. The van der Waals surface area contributed by atoms with Crippen LogP contribution in [0.15, 0.2) is 60.7 Å². The first-order chi connectivity index (χ1) is 15.0. The van der Waals surface area contributed by atoms with Gasteiger partial charge in [0, 0.05) is 36.4 Å². The normalized spacial score (nSPS) is 12.7. The van der Waals surface area contributed by atoms with Gasteiger partial charge in [0.25, 0.3) is 0 Å². The predicted molar refractivity (Wildman–Crippen MR) is 131 cm³/mol. The van der Waals surface area contributed by atoms with Crippen LogP contribution in [0.2, 0.25) is 0 Å². The van der Waals surface area contributed by atoms with Gasteiger partial charge in [0.1, 0.15) is 0 Å². The molecule has 0 aliphatic rings. The summed E-state index contributed by atoms with van der Waals surface area (Å²) in [4.78, 5) is 24.2. The summed E-state index contributed by atoms with van der Waals surface area (Å²) in [5.74, 6) is 1.67.